The SMILES string of the molecule is CCOc1cc2c(nc1C(=O)NC)/C(=N/C(=O)C(F)(F)F)N(CC(=O)c1cc(N(C)CC)c(OC)c(C(C)(C)C)c1)C2. The van der Waals surface area contributed by atoms with Crippen LogP contribution in [0.3, 0.4) is 0 Å². The van der Waals surface area contributed by atoms with Crippen LogP contribution < -0.4 is 19.7 Å². The predicted octanol–water partition coefficient (Wildman–Crippen LogP) is 4.14. The van der Waals surface area contributed by atoms with Crippen molar-refractivity contribution in [3.63, 3.8) is 0 Å². The highest BCUT2D eigenvalue weighted by molar-refractivity contribution is 6.11. The molecule has 0 saturated carbocycles. The number of pyridine rings is 1. The van der Waals surface area contributed by atoms with Gasteiger partial charge in [-0.1, -0.05) is 20.8 Å². The van der Waals surface area contributed by atoms with Gasteiger partial charge in [0.25, 0.3) is 5.91 Å². The first-order chi connectivity index (χ1) is 19.6. The monoisotopic (exact) mass is 591 g/mol. The van der Waals surface area contributed by atoms with Gasteiger partial charge in [-0.05, 0) is 37.5 Å². The Hall–Kier alpha value is -4.16. The summed E-state index contributed by atoms with van der Waals surface area (Å²) in [7, 11) is 4.78. The molecule has 2 heterocycles. The second-order valence-electron chi connectivity index (χ2n) is 10.7. The lowest BCUT2D eigenvalue weighted by molar-refractivity contribution is -0.169. The predicted molar refractivity (Wildman–Crippen MR) is 152 cm³/mol. The van der Waals surface area contributed by atoms with Crippen LogP contribution in [0.15, 0.2) is 23.2 Å². The highest BCUT2D eigenvalue weighted by Gasteiger charge is 2.41. The zero-order chi connectivity index (χ0) is 31.6. The Balaban J connectivity index is 2.15. The number of amides is 2. The summed E-state index contributed by atoms with van der Waals surface area (Å²) >= 11 is 0. The van der Waals surface area contributed by atoms with Crippen molar-refractivity contribution >= 4 is 29.1 Å². The van der Waals surface area contributed by atoms with Crippen molar-refractivity contribution in [2.24, 2.45) is 4.99 Å². The molecular weight excluding hydrogens is 555 g/mol. The standard InChI is InChI=1S/C29H36F3N5O5/c1-9-36(7)19-12-16(11-18(24(19)41-8)28(3,4)5)20(38)15-37-14-17-13-21(42-10-2)23(26(39)33-6)34-22(17)25(37)35-27(40)29(30,31)32/h11-13H,9-10,14-15H2,1-8H3,(H,33,39)/b35-25-. The number of carbonyl (C=O) groups is 3. The van der Waals surface area contributed by atoms with Crippen LogP contribution in [-0.2, 0) is 16.8 Å². The lowest BCUT2D eigenvalue weighted by atomic mass is 9.84. The van der Waals surface area contributed by atoms with Crippen molar-refractivity contribution in [3.8, 4) is 11.5 Å². The van der Waals surface area contributed by atoms with Gasteiger partial charge >= 0.3 is 12.1 Å². The molecule has 228 valence electrons. The van der Waals surface area contributed by atoms with Crippen LogP contribution in [0.5, 0.6) is 11.5 Å². The third-order valence-corrected chi connectivity index (χ3v) is 6.75. The number of carbonyl (C=O) groups excluding carboxylic acids is 3. The zero-order valence-electron chi connectivity index (χ0n) is 25.0. The number of aliphatic imine (C=N–C) groups is 1. The molecule has 0 spiro atoms. The Bertz CT molecular complexity index is 1420. The van der Waals surface area contributed by atoms with E-state index in [0.717, 1.165) is 5.56 Å². The van der Waals surface area contributed by atoms with Gasteiger partial charge in [0, 0.05) is 43.9 Å². The summed E-state index contributed by atoms with van der Waals surface area (Å²) in [6.45, 7) is 9.90. The number of hydrogen-bond acceptors (Lipinski definition) is 7. The van der Waals surface area contributed by atoms with E-state index in [-0.39, 0.29) is 30.3 Å². The summed E-state index contributed by atoms with van der Waals surface area (Å²) in [6.07, 6.45) is -5.25. The number of Topliss-reactive ketones (excluding diaryl/α,β-unsaturated/α-hetero) is 1. The molecule has 1 aromatic carbocycles. The van der Waals surface area contributed by atoms with E-state index in [9.17, 15) is 27.6 Å². The van der Waals surface area contributed by atoms with Crippen molar-refractivity contribution in [1.82, 2.24) is 15.2 Å². The number of hydrogen-bond donors (Lipinski definition) is 1. The Morgan fingerprint density at radius 3 is 2.33 bits per heavy atom. The van der Waals surface area contributed by atoms with Crippen molar-refractivity contribution in [2.45, 2.75) is 52.8 Å². The number of aromatic nitrogens is 1. The van der Waals surface area contributed by atoms with Gasteiger partial charge in [0.2, 0.25) is 0 Å². The maximum absolute atomic E-state index is 13.7. The van der Waals surface area contributed by atoms with Crippen LogP contribution in [0.25, 0.3) is 0 Å². The minimum Gasteiger partial charge on any atom is -0.494 e. The van der Waals surface area contributed by atoms with Crippen molar-refractivity contribution in [2.75, 3.05) is 45.8 Å². The Kier molecular flexibility index (Phi) is 9.53. The Labute approximate surface area is 242 Å². The molecule has 0 bridgehead atoms. The molecule has 1 aliphatic rings. The molecule has 1 N–H and O–H groups in total. The quantitative estimate of drug-likeness (QED) is 0.433. The van der Waals surface area contributed by atoms with Gasteiger partial charge in [-0.3, -0.25) is 14.4 Å². The van der Waals surface area contributed by atoms with E-state index >= 15 is 0 Å². The van der Waals surface area contributed by atoms with Crippen molar-refractivity contribution in [3.05, 3.63) is 46.3 Å². The van der Waals surface area contributed by atoms with Gasteiger partial charge in [-0.25, -0.2) is 4.98 Å². The fraction of sp³-hybridized carbons (Fsp3) is 0.483. The van der Waals surface area contributed by atoms with E-state index in [0.29, 0.717) is 29.1 Å². The Morgan fingerprint density at radius 1 is 1.14 bits per heavy atom. The highest BCUT2D eigenvalue weighted by Crippen LogP contribution is 2.40. The summed E-state index contributed by atoms with van der Waals surface area (Å²) < 4.78 is 51.1. The molecule has 10 nitrogen and oxygen atoms in total. The fourth-order valence-electron chi connectivity index (χ4n) is 4.50. The molecule has 42 heavy (non-hydrogen) atoms. The first-order valence-electron chi connectivity index (χ1n) is 13.4. The third kappa shape index (κ3) is 6.66. The molecule has 0 saturated heterocycles. The molecule has 0 unspecified atom stereocenters. The lowest BCUT2D eigenvalue weighted by Crippen LogP contribution is -2.34. The number of methoxy groups -OCH3 is 1. The zero-order valence-corrected chi connectivity index (χ0v) is 25.0. The molecule has 13 heteroatoms. The smallest absolute Gasteiger partial charge is 0.473 e. The molecule has 0 atom stereocenters. The van der Waals surface area contributed by atoms with Gasteiger partial charge in [-0.15, -0.1) is 0 Å². The average Bonchev–Trinajstić information content (AvgIpc) is 3.25. The summed E-state index contributed by atoms with van der Waals surface area (Å²) in [4.78, 5) is 49.0. The summed E-state index contributed by atoms with van der Waals surface area (Å²) in [5.41, 5.74) is 1.41. The van der Waals surface area contributed by atoms with Crippen LogP contribution in [0.2, 0.25) is 0 Å². The number of halogens is 3. The van der Waals surface area contributed by atoms with E-state index in [1.54, 1.807) is 26.2 Å². The largest absolute Gasteiger partial charge is 0.494 e. The minimum atomic E-state index is -5.25. The number of nitrogens with zero attached hydrogens (tertiary/aromatic N) is 4. The fourth-order valence-corrected chi connectivity index (χ4v) is 4.50. The molecular formula is C29H36F3N5O5. The number of ether oxygens (including phenoxy) is 2. The molecule has 0 fully saturated rings. The van der Waals surface area contributed by atoms with Gasteiger partial charge < -0.3 is 24.6 Å². The summed E-state index contributed by atoms with van der Waals surface area (Å²) in [6, 6.07) is 4.86. The highest BCUT2D eigenvalue weighted by atomic mass is 19.4. The molecule has 0 aliphatic carbocycles. The second kappa shape index (κ2) is 12.4. The van der Waals surface area contributed by atoms with Crippen LogP contribution in [0.4, 0.5) is 18.9 Å². The summed E-state index contributed by atoms with van der Waals surface area (Å²) in [5.74, 6) is -3.15. The number of amidine groups is 1. The molecule has 2 amide bonds. The minimum absolute atomic E-state index is 0.0872. The first-order valence-corrected chi connectivity index (χ1v) is 13.4. The van der Waals surface area contributed by atoms with Crippen LogP contribution in [-0.4, -0.2) is 80.4 Å². The number of anilines is 1. The van der Waals surface area contributed by atoms with Gasteiger partial charge in [0.15, 0.2) is 23.1 Å². The van der Waals surface area contributed by atoms with Gasteiger partial charge in [0.1, 0.15) is 11.4 Å². The van der Waals surface area contributed by atoms with Crippen molar-refractivity contribution in [1.29, 1.82) is 0 Å². The van der Waals surface area contributed by atoms with E-state index in [4.69, 9.17) is 9.47 Å². The third-order valence-electron chi connectivity index (χ3n) is 6.75. The molecule has 2 aromatic rings. The maximum Gasteiger partial charge on any atom is 0.473 e. The van der Waals surface area contributed by atoms with Gasteiger partial charge in [0.05, 0.1) is 25.9 Å². The van der Waals surface area contributed by atoms with E-state index < -0.39 is 41.6 Å². The van der Waals surface area contributed by atoms with Crippen LogP contribution in [0, 0.1) is 0 Å². The maximum atomic E-state index is 13.7. The number of nitrogens with one attached hydrogen (secondary N) is 1. The lowest BCUT2D eigenvalue weighted by Gasteiger charge is -2.28. The normalized spacial score (nSPS) is 14.1. The van der Waals surface area contributed by atoms with Gasteiger partial charge in [-0.2, -0.15) is 18.2 Å². The molecule has 3 rings (SSSR count). The number of benzene rings is 1. The molecule has 1 aromatic heterocycles. The number of ketones is 1. The number of rotatable bonds is 9. The van der Waals surface area contributed by atoms with Crippen LogP contribution in [0.1, 0.15) is 72.3 Å². The van der Waals surface area contributed by atoms with Crippen LogP contribution >= 0.6 is 0 Å². The average molecular weight is 592 g/mol. The van der Waals surface area contributed by atoms with E-state index in [1.807, 2.05) is 39.6 Å². The van der Waals surface area contributed by atoms with E-state index in [1.165, 1.54) is 18.0 Å². The molecule has 0 radical (unpaired) electrons. The topological polar surface area (TPSA) is 113 Å². The number of alkyl halides is 3. The van der Waals surface area contributed by atoms with E-state index in [2.05, 4.69) is 15.3 Å². The Morgan fingerprint density at radius 2 is 1.81 bits per heavy atom. The molecule has 1 aliphatic heterocycles. The second-order valence-corrected chi connectivity index (χ2v) is 10.7. The first kappa shape index (κ1) is 32.4. The summed E-state index contributed by atoms with van der Waals surface area (Å²) in [5, 5.41) is 2.41. The number of fused-ring (bicyclic) bond motifs is 1. The van der Waals surface area contributed by atoms with Crippen molar-refractivity contribution < 1.29 is 37.0 Å².